The topological polar surface area (TPSA) is 92.6 Å². The first-order valence-electron chi connectivity index (χ1n) is 11.0. The number of nitriles is 1. The number of amides is 1. The molecule has 35 heavy (non-hydrogen) atoms. The lowest BCUT2D eigenvalue weighted by atomic mass is 9.99. The Morgan fingerprint density at radius 3 is 2.80 bits per heavy atom. The van der Waals surface area contributed by atoms with Crippen LogP contribution in [0.3, 0.4) is 0 Å². The molecule has 2 atom stereocenters. The highest BCUT2D eigenvalue weighted by Crippen LogP contribution is 2.34. The Morgan fingerprint density at radius 1 is 1.23 bits per heavy atom. The van der Waals surface area contributed by atoms with E-state index in [0.717, 1.165) is 12.1 Å². The minimum Gasteiger partial charge on any atom is -0.361 e. The lowest BCUT2D eigenvalue weighted by Gasteiger charge is -2.48. The van der Waals surface area contributed by atoms with Crippen LogP contribution in [0.2, 0.25) is 5.02 Å². The molecule has 7 nitrogen and oxygen atoms in total. The average molecular weight is 499 g/mol. The number of carbonyl (C=O) groups is 1. The van der Waals surface area contributed by atoms with Crippen molar-refractivity contribution in [3.8, 4) is 17.2 Å². The lowest BCUT2D eigenvalue weighted by Crippen LogP contribution is -2.63. The van der Waals surface area contributed by atoms with Crippen LogP contribution in [-0.2, 0) is 10.5 Å². The quantitative estimate of drug-likeness (QED) is 0.577. The molecule has 5 rings (SSSR count). The smallest absolute Gasteiger partial charge is 0.255 e. The molecule has 3 heterocycles. The summed E-state index contributed by atoms with van der Waals surface area (Å²) in [5.41, 5.74) is 2.24. The molecule has 0 saturated carbocycles. The van der Waals surface area contributed by atoms with E-state index in [1.807, 2.05) is 11.0 Å². The number of ether oxygens (including phenoxy) is 1. The first-order chi connectivity index (χ1) is 16.8. The molecule has 2 aliphatic rings. The number of H-pyrrole nitrogens is 1. The van der Waals surface area contributed by atoms with Crippen molar-refractivity contribution in [3.63, 3.8) is 0 Å². The summed E-state index contributed by atoms with van der Waals surface area (Å²) >= 11 is 6.61. The molecule has 0 unspecified atom stereocenters. The molecule has 1 aromatic heterocycles. The zero-order chi connectivity index (χ0) is 24.7. The van der Waals surface area contributed by atoms with Crippen LogP contribution in [-0.4, -0.2) is 64.6 Å². The molecule has 2 N–H and O–H groups in total. The van der Waals surface area contributed by atoms with Gasteiger partial charge >= 0.3 is 0 Å². The Morgan fingerprint density at radius 2 is 2.06 bits per heavy atom. The number of carbonyl (C=O) groups excluding carboxylic acids is 1. The van der Waals surface area contributed by atoms with Gasteiger partial charge in [-0.1, -0.05) is 29.8 Å². The first kappa shape index (κ1) is 23.5. The van der Waals surface area contributed by atoms with E-state index in [1.54, 1.807) is 35.4 Å². The molecule has 0 aliphatic carbocycles. The largest absolute Gasteiger partial charge is 0.361 e. The maximum Gasteiger partial charge on any atom is 0.255 e. The van der Waals surface area contributed by atoms with Gasteiger partial charge in [0.2, 0.25) is 5.79 Å². The Kier molecular flexibility index (Phi) is 6.07. The minimum atomic E-state index is -1.77. The van der Waals surface area contributed by atoms with Gasteiger partial charge in [-0.2, -0.15) is 5.26 Å². The molecule has 2 aliphatic heterocycles. The van der Waals surface area contributed by atoms with E-state index in [0.29, 0.717) is 47.0 Å². The highest BCUT2D eigenvalue weighted by atomic mass is 35.5. The third-order valence-corrected chi connectivity index (χ3v) is 6.95. The van der Waals surface area contributed by atoms with E-state index in [9.17, 15) is 18.7 Å². The molecule has 10 heteroatoms. The fourth-order valence-corrected chi connectivity index (χ4v) is 4.93. The molecule has 0 spiro atoms. The summed E-state index contributed by atoms with van der Waals surface area (Å²) in [7, 11) is 0. The fourth-order valence-electron chi connectivity index (χ4n) is 4.62. The molecular weight excluding hydrogens is 478 g/mol. The van der Waals surface area contributed by atoms with Crippen molar-refractivity contribution in [3.05, 3.63) is 82.1 Å². The molecule has 0 bridgehead atoms. The van der Waals surface area contributed by atoms with E-state index in [2.05, 4.69) is 4.98 Å². The van der Waals surface area contributed by atoms with Crippen molar-refractivity contribution >= 4 is 17.5 Å². The highest BCUT2D eigenvalue weighted by Gasteiger charge is 2.43. The number of hydrogen-bond acceptors (Lipinski definition) is 5. The summed E-state index contributed by atoms with van der Waals surface area (Å²) in [4.78, 5) is 19.9. The maximum atomic E-state index is 13.7. The number of piperazine rings is 1. The number of aromatic nitrogens is 1. The second-order valence-corrected chi connectivity index (χ2v) is 9.06. The van der Waals surface area contributed by atoms with Crippen molar-refractivity contribution < 1.29 is 23.4 Å². The SMILES string of the molecule is N#Cc1cc(-c2cccc(C(=O)N3CCN4C[C@@](O)(c5ccc(F)c(F)c5)OC[C@@H]4C3)c2Cl)c[nH]1. The number of fused-ring (bicyclic) bond motifs is 1. The molecule has 1 amide bonds. The van der Waals surface area contributed by atoms with Gasteiger partial charge in [0.15, 0.2) is 11.6 Å². The number of nitrogens with one attached hydrogen (secondary N) is 1. The summed E-state index contributed by atoms with van der Waals surface area (Å²) in [6, 6.07) is 11.9. The number of hydrogen-bond donors (Lipinski definition) is 2. The van der Waals surface area contributed by atoms with Gasteiger partial charge in [0, 0.05) is 42.5 Å². The van der Waals surface area contributed by atoms with Gasteiger partial charge in [-0.05, 0) is 24.3 Å². The standard InChI is InChI=1S/C25H21ClF2N4O3/c26-23-19(15-8-17(10-29)30-11-15)2-1-3-20(23)24(33)31-6-7-32-14-25(34,35-13-18(32)12-31)16-4-5-21(27)22(28)9-16/h1-5,8-9,11,18,30,34H,6-7,12-14H2/t18-,25-/m0/s1. The van der Waals surface area contributed by atoms with Crippen molar-refractivity contribution in [1.29, 1.82) is 5.26 Å². The number of aromatic amines is 1. The Labute approximate surface area is 205 Å². The summed E-state index contributed by atoms with van der Waals surface area (Å²) in [5.74, 6) is -4.05. The number of halogens is 3. The Hall–Kier alpha value is -3.29. The summed E-state index contributed by atoms with van der Waals surface area (Å²) < 4.78 is 32.7. The predicted octanol–water partition coefficient (Wildman–Crippen LogP) is 3.49. The van der Waals surface area contributed by atoms with Crippen molar-refractivity contribution in [2.45, 2.75) is 11.8 Å². The van der Waals surface area contributed by atoms with Crippen LogP contribution >= 0.6 is 11.6 Å². The van der Waals surface area contributed by atoms with E-state index < -0.39 is 17.4 Å². The highest BCUT2D eigenvalue weighted by molar-refractivity contribution is 6.36. The van der Waals surface area contributed by atoms with Gasteiger partial charge in [-0.15, -0.1) is 0 Å². The summed E-state index contributed by atoms with van der Waals surface area (Å²) in [6.45, 7) is 1.39. The van der Waals surface area contributed by atoms with Gasteiger partial charge < -0.3 is 19.7 Å². The first-order valence-corrected chi connectivity index (χ1v) is 11.4. The van der Waals surface area contributed by atoms with Crippen molar-refractivity contribution in [2.24, 2.45) is 0 Å². The van der Waals surface area contributed by atoms with Crippen LogP contribution in [0.1, 0.15) is 21.6 Å². The van der Waals surface area contributed by atoms with Crippen LogP contribution in [0.15, 0.2) is 48.7 Å². The minimum absolute atomic E-state index is 0.0652. The molecule has 0 radical (unpaired) electrons. The molecule has 2 saturated heterocycles. The van der Waals surface area contributed by atoms with Crippen LogP contribution in [0.4, 0.5) is 8.78 Å². The zero-order valence-electron chi connectivity index (χ0n) is 18.5. The molecule has 2 fully saturated rings. The van der Waals surface area contributed by atoms with Gasteiger partial charge in [0.1, 0.15) is 11.8 Å². The van der Waals surface area contributed by atoms with Gasteiger partial charge in [0.05, 0.1) is 29.8 Å². The monoisotopic (exact) mass is 498 g/mol. The maximum absolute atomic E-state index is 13.7. The van der Waals surface area contributed by atoms with Crippen LogP contribution in [0, 0.1) is 23.0 Å². The number of aliphatic hydroxyl groups is 1. The van der Waals surface area contributed by atoms with Crippen LogP contribution in [0.25, 0.3) is 11.1 Å². The van der Waals surface area contributed by atoms with Crippen LogP contribution < -0.4 is 0 Å². The van der Waals surface area contributed by atoms with E-state index >= 15 is 0 Å². The Bertz CT molecular complexity index is 1340. The number of morpholine rings is 1. The molecular formula is C25H21ClF2N4O3. The molecule has 3 aromatic rings. The molecule has 2 aromatic carbocycles. The van der Waals surface area contributed by atoms with E-state index in [1.165, 1.54) is 6.07 Å². The second-order valence-electron chi connectivity index (χ2n) is 8.68. The normalized spacial score (nSPS) is 22.5. The average Bonchev–Trinajstić information content (AvgIpc) is 3.34. The van der Waals surface area contributed by atoms with Crippen LogP contribution in [0.5, 0.6) is 0 Å². The molecule has 180 valence electrons. The van der Waals surface area contributed by atoms with Gasteiger partial charge in [-0.25, -0.2) is 8.78 Å². The zero-order valence-corrected chi connectivity index (χ0v) is 19.2. The number of rotatable bonds is 3. The Balaban J connectivity index is 1.31. The van der Waals surface area contributed by atoms with E-state index in [4.69, 9.17) is 21.6 Å². The second kappa shape index (κ2) is 9.06. The predicted molar refractivity (Wildman–Crippen MR) is 123 cm³/mol. The van der Waals surface area contributed by atoms with Gasteiger partial charge in [0.25, 0.3) is 5.91 Å². The van der Waals surface area contributed by atoms with Crippen molar-refractivity contribution in [2.75, 3.05) is 32.8 Å². The number of nitrogens with zero attached hydrogens (tertiary/aromatic N) is 3. The summed E-state index contributed by atoms with van der Waals surface area (Å²) in [5, 5.41) is 20.3. The van der Waals surface area contributed by atoms with E-state index in [-0.39, 0.29) is 30.7 Å². The summed E-state index contributed by atoms with van der Waals surface area (Å²) in [6.07, 6.45) is 1.67. The fraction of sp³-hybridized carbons (Fsp3) is 0.280. The van der Waals surface area contributed by atoms with Gasteiger partial charge in [-0.3, -0.25) is 9.69 Å². The van der Waals surface area contributed by atoms with Crippen molar-refractivity contribution in [1.82, 2.24) is 14.8 Å². The lowest BCUT2D eigenvalue weighted by molar-refractivity contribution is -0.265. The third kappa shape index (κ3) is 4.30. The number of benzene rings is 2. The third-order valence-electron chi connectivity index (χ3n) is 6.54.